The maximum atomic E-state index is 11.8. The highest BCUT2D eigenvalue weighted by Crippen LogP contribution is 2.31. The van der Waals surface area contributed by atoms with Crippen LogP contribution >= 0.6 is 0 Å². The van der Waals surface area contributed by atoms with Gasteiger partial charge in [0, 0.05) is 12.6 Å². The topological polar surface area (TPSA) is 78.4 Å². The molecular weight excluding hydrogens is 244 g/mol. The Labute approximate surface area is 115 Å². The summed E-state index contributed by atoms with van der Waals surface area (Å²) in [6.45, 7) is 6.65. The van der Waals surface area contributed by atoms with Crippen LogP contribution in [-0.2, 0) is 4.79 Å². The number of urea groups is 1. The third-order valence-corrected chi connectivity index (χ3v) is 4.06. The summed E-state index contributed by atoms with van der Waals surface area (Å²) < 4.78 is 0. The Bertz CT molecular complexity index is 318. The van der Waals surface area contributed by atoms with Crippen LogP contribution in [0.1, 0.15) is 46.5 Å². The van der Waals surface area contributed by atoms with Crippen molar-refractivity contribution < 1.29 is 14.7 Å². The first kappa shape index (κ1) is 15.8. The van der Waals surface area contributed by atoms with Gasteiger partial charge in [-0.1, -0.05) is 27.2 Å². The number of hydrogen-bond acceptors (Lipinski definition) is 2. The highest BCUT2D eigenvalue weighted by molar-refractivity contribution is 5.74. The van der Waals surface area contributed by atoms with Crippen LogP contribution in [0.4, 0.5) is 4.79 Å². The normalized spacial score (nSPS) is 24.2. The largest absolute Gasteiger partial charge is 0.481 e. The van der Waals surface area contributed by atoms with Gasteiger partial charge in [-0.05, 0) is 31.1 Å². The van der Waals surface area contributed by atoms with E-state index in [4.69, 9.17) is 5.11 Å². The van der Waals surface area contributed by atoms with E-state index in [1.165, 1.54) is 0 Å². The molecule has 19 heavy (non-hydrogen) atoms. The van der Waals surface area contributed by atoms with E-state index < -0.39 is 5.97 Å². The first-order chi connectivity index (χ1) is 8.95. The van der Waals surface area contributed by atoms with Crippen molar-refractivity contribution in [3.63, 3.8) is 0 Å². The van der Waals surface area contributed by atoms with E-state index in [9.17, 15) is 9.59 Å². The number of carbonyl (C=O) groups is 2. The van der Waals surface area contributed by atoms with Gasteiger partial charge in [0.1, 0.15) is 0 Å². The van der Waals surface area contributed by atoms with Gasteiger partial charge in [0.05, 0.1) is 5.92 Å². The highest BCUT2D eigenvalue weighted by atomic mass is 16.4. The molecule has 0 heterocycles. The number of nitrogens with one attached hydrogen (secondary N) is 2. The maximum absolute atomic E-state index is 11.8. The van der Waals surface area contributed by atoms with Crippen LogP contribution in [0.3, 0.4) is 0 Å². The molecule has 110 valence electrons. The zero-order valence-corrected chi connectivity index (χ0v) is 12.1. The monoisotopic (exact) mass is 270 g/mol. The molecule has 0 bridgehead atoms. The van der Waals surface area contributed by atoms with Crippen LogP contribution in [0.5, 0.6) is 0 Å². The summed E-state index contributed by atoms with van der Waals surface area (Å²) in [5.74, 6) is -0.568. The Kier molecular flexibility index (Phi) is 6.12. The van der Waals surface area contributed by atoms with Crippen LogP contribution < -0.4 is 10.6 Å². The molecule has 0 aromatic heterocycles. The number of hydrogen-bond donors (Lipinski definition) is 3. The average Bonchev–Trinajstić information content (AvgIpc) is 2.81. The zero-order chi connectivity index (χ0) is 14.4. The van der Waals surface area contributed by atoms with Crippen molar-refractivity contribution >= 4 is 12.0 Å². The summed E-state index contributed by atoms with van der Waals surface area (Å²) in [5, 5.41) is 14.8. The molecule has 1 rings (SSSR count). The van der Waals surface area contributed by atoms with E-state index in [1.807, 2.05) is 6.92 Å². The molecule has 1 fully saturated rings. The number of carbonyl (C=O) groups excluding carboxylic acids is 1. The molecular formula is C14H26N2O3. The highest BCUT2D eigenvalue weighted by Gasteiger charge is 2.32. The fourth-order valence-electron chi connectivity index (χ4n) is 2.79. The Morgan fingerprint density at radius 2 is 2.00 bits per heavy atom. The van der Waals surface area contributed by atoms with Crippen LogP contribution in [0.15, 0.2) is 0 Å². The predicted octanol–water partition coefficient (Wildman–Crippen LogP) is 2.22. The van der Waals surface area contributed by atoms with Crippen LogP contribution in [-0.4, -0.2) is 29.7 Å². The van der Waals surface area contributed by atoms with Crippen molar-refractivity contribution in [2.45, 2.75) is 52.5 Å². The zero-order valence-electron chi connectivity index (χ0n) is 12.1. The summed E-state index contributed by atoms with van der Waals surface area (Å²) in [5.41, 5.74) is 0. The summed E-state index contributed by atoms with van der Waals surface area (Å²) in [7, 11) is 0. The maximum Gasteiger partial charge on any atom is 0.315 e. The van der Waals surface area contributed by atoms with Gasteiger partial charge >= 0.3 is 12.0 Å². The van der Waals surface area contributed by atoms with Gasteiger partial charge in [-0.2, -0.15) is 0 Å². The van der Waals surface area contributed by atoms with Crippen molar-refractivity contribution in [3.8, 4) is 0 Å². The molecule has 0 saturated heterocycles. The average molecular weight is 270 g/mol. The summed E-state index contributed by atoms with van der Waals surface area (Å²) in [6.07, 6.45) is 3.45. The molecule has 1 aliphatic carbocycles. The van der Waals surface area contributed by atoms with Crippen LogP contribution in [0.25, 0.3) is 0 Å². The molecule has 0 radical (unpaired) electrons. The van der Waals surface area contributed by atoms with Gasteiger partial charge in [0.2, 0.25) is 0 Å². The smallest absolute Gasteiger partial charge is 0.315 e. The summed E-state index contributed by atoms with van der Waals surface area (Å²) in [4.78, 5) is 22.8. The molecule has 3 N–H and O–H groups in total. The summed E-state index contributed by atoms with van der Waals surface area (Å²) in [6, 6.07) is -0.0181. The fourth-order valence-corrected chi connectivity index (χ4v) is 2.79. The Morgan fingerprint density at radius 1 is 1.32 bits per heavy atom. The first-order valence-corrected chi connectivity index (χ1v) is 7.22. The lowest BCUT2D eigenvalue weighted by Gasteiger charge is -2.22. The van der Waals surface area contributed by atoms with Gasteiger partial charge < -0.3 is 15.7 Å². The third-order valence-electron chi connectivity index (χ3n) is 4.06. The van der Waals surface area contributed by atoms with Gasteiger partial charge in [0.15, 0.2) is 0 Å². The quantitative estimate of drug-likeness (QED) is 0.692. The lowest BCUT2D eigenvalue weighted by Crippen LogP contribution is -2.46. The second-order valence-corrected chi connectivity index (χ2v) is 5.75. The van der Waals surface area contributed by atoms with Crippen LogP contribution in [0.2, 0.25) is 0 Å². The molecule has 0 aromatic rings. The second kappa shape index (κ2) is 7.36. The molecule has 0 aromatic carbocycles. The van der Waals surface area contributed by atoms with Crippen molar-refractivity contribution in [2.24, 2.45) is 17.8 Å². The Balaban J connectivity index is 2.35. The van der Waals surface area contributed by atoms with Crippen molar-refractivity contribution in [1.82, 2.24) is 10.6 Å². The fraction of sp³-hybridized carbons (Fsp3) is 0.857. The molecule has 0 aliphatic heterocycles. The van der Waals surface area contributed by atoms with Crippen molar-refractivity contribution in [3.05, 3.63) is 0 Å². The van der Waals surface area contributed by atoms with Gasteiger partial charge in [-0.3, -0.25) is 4.79 Å². The molecule has 1 saturated carbocycles. The lowest BCUT2D eigenvalue weighted by atomic mass is 9.96. The minimum atomic E-state index is -0.738. The van der Waals surface area contributed by atoms with E-state index in [2.05, 4.69) is 24.5 Å². The van der Waals surface area contributed by atoms with Gasteiger partial charge in [-0.15, -0.1) is 0 Å². The molecule has 5 nitrogen and oxygen atoms in total. The third kappa shape index (κ3) is 4.73. The molecule has 5 heteroatoms. The number of amides is 2. The standard InChI is InChI=1S/C14H26N2O3/c1-4-12(9(2)3)16-14(19)15-8-10-6-5-7-11(10)13(17)18/h9-12H,4-8H2,1-3H3,(H,17,18)(H2,15,16,19). The summed E-state index contributed by atoms with van der Waals surface area (Å²) >= 11 is 0. The number of rotatable bonds is 6. The number of carboxylic acids is 1. The number of aliphatic carboxylic acids is 1. The van der Waals surface area contributed by atoms with E-state index in [-0.39, 0.29) is 23.9 Å². The Hall–Kier alpha value is -1.26. The molecule has 0 spiro atoms. The van der Waals surface area contributed by atoms with E-state index in [0.717, 1.165) is 25.7 Å². The van der Waals surface area contributed by atoms with E-state index >= 15 is 0 Å². The number of carboxylic acid groups (broad SMARTS) is 1. The predicted molar refractivity (Wildman–Crippen MR) is 73.9 cm³/mol. The molecule has 3 unspecified atom stereocenters. The van der Waals surface area contributed by atoms with Crippen LogP contribution in [0, 0.1) is 17.8 Å². The van der Waals surface area contributed by atoms with E-state index in [0.29, 0.717) is 12.5 Å². The van der Waals surface area contributed by atoms with Crippen molar-refractivity contribution in [2.75, 3.05) is 6.54 Å². The lowest BCUT2D eigenvalue weighted by molar-refractivity contribution is -0.142. The minimum Gasteiger partial charge on any atom is -0.481 e. The second-order valence-electron chi connectivity index (χ2n) is 5.75. The van der Waals surface area contributed by atoms with Gasteiger partial charge in [-0.25, -0.2) is 4.79 Å². The SMILES string of the molecule is CCC(NC(=O)NCC1CCCC1C(=O)O)C(C)C. The molecule has 2 amide bonds. The Morgan fingerprint density at radius 3 is 2.53 bits per heavy atom. The van der Waals surface area contributed by atoms with E-state index in [1.54, 1.807) is 0 Å². The molecule has 1 aliphatic rings. The first-order valence-electron chi connectivity index (χ1n) is 7.22. The molecule has 3 atom stereocenters. The van der Waals surface area contributed by atoms with Gasteiger partial charge in [0.25, 0.3) is 0 Å². The van der Waals surface area contributed by atoms with Crippen molar-refractivity contribution in [1.29, 1.82) is 0 Å². The minimum absolute atomic E-state index is 0.0716.